The van der Waals surface area contributed by atoms with Gasteiger partial charge in [-0.3, -0.25) is 9.36 Å². The minimum atomic E-state index is -1.78. The van der Waals surface area contributed by atoms with Crippen LogP contribution in [-0.2, 0) is 0 Å². The average molecular weight is 332 g/mol. The molecule has 0 aliphatic heterocycles. The van der Waals surface area contributed by atoms with Crippen LogP contribution in [-0.4, -0.2) is 18.4 Å². The summed E-state index contributed by atoms with van der Waals surface area (Å²) in [6, 6.07) is 7.13. The molecule has 0 saturated heterocycles. The van der Waals surface area contributed by atoms with Crippen LogP contribution in [0.5, 0.6) is 0 Å². The lowest BCUT2D eigenvalue weighted by Crippen LogP contribution is -2.43. The van der Waals surface area contributed by atoms with E-state index in [4.69, 9.17) is 0 Å². The van der Waals surface area contributed by atoms with Crippen molar-refractivity contribution in [3.8, 4) is 11.6 Å². The first kappa shape index (κ1) is 19.8. The maximum absolute atomic E-state index is 12.6. The van der Waals surface area contributed by atoms with Gasteiger partial charge in [0.2, 0.25) is 0 Å². The molecule has 2 nitrogen and oxygen atoms in total. The Kier molecular flexibility index (Phi) is 6.10. The van der Waals surface area contributed by atoms with Gasteiger partial charge < -0.3 is 0 Å². The molecular formula is C20H33NOSi. The molecule has 0 saturated carbocycles. The second-order valence-electron chi connectivity index (χ2n) is 8.48. The normalized spacial score (nSPS) is 12.7. The molecule has 0 radical (unpaired) electrons. The molecule has 0 atom stereocenters. The van der Waals surface area contributed by atoms with Gasteiger partial charge in [-0.25, -0.2) is 0 Å². The summed E-state index contributed by atoms with van der Waals surface area (Å²) in [7, 11) is -1.78. The fourth-order valence-electron chi connectivity index (χ4n) is 3.64. The average Bonchev–Trinajstić information content (AvgIpc) is 2.84. The summed E-state index contributed by atoms with van der Waals surface area (Å²) in [5.74, 6) is 0.141. The number of rotatable bonds is 4. The molecule has 1 aromatic heterocycles. The summed E-state index contributed by atoms with van der Waals surface area (Å²) >= 11 is 0. The van der Waals surface area contributed by atoms with E-state index in [0.717, 1.165) is 0 Å². The summed E-state index contributed by atoms with van der Waals surface area (Å²) in [4.78, 5) is 12.6. The van der Waals surface area contributed by atoms with Crippen molar-refractivity contribution in [1.82, 2.24) is 4.57 Å². The first-order chi connectivity index (χ1) is 10.4. The lowest BCUT2D eigenvalue weighted by atomic mass is 9.89. The van der Waals surface area contributed by atoms with Gasteiger partial charge in [0.15, 0.2) is 5.78 Å². The van der Waals surface area contributed by atoms with Gasteiger partial charge in [0.25, 0.3) is 0 Å². The molecule has 128 valence electrons. The molecule has 3 heteroatoms. The molecule has 0 amide bonds. The van der Waals surface area contributed by atoms with Crippen molar-refractivity contribution in [3.63, 3.8) is 0 Å². The molecule has 1 aromatic rings. The van der Waals surface area contributed by atoms with Crippen LogP contribution in [0, 0.1) is 17.0 Å². The second kappa shape index (κ2) is 7.09. The number of aromatic nitrogens is 1. The summed E-state index contributed by atoms with van der Waals surface area (Å²) in [6.07, 6.45) is 1.91. The summed E-state index contributed by atoms with van der Waals surface area (Å²) in [6.45, 7) is 19.7. The highest BCUT2D eigenvalue weighted by molar-refractivity contribution is 6.90. The van der Waals surface area contributed by atoms with E-state index >= 15 is 0 Å². The zero-order chi connectivity index (χ0) is 18.0. The highest BCUT2D eigenvalue weighted by Gasteiger charge is 2.42. The molecule has 0 unspecified atom stereocenters. The van der Waals surface area contributed by atoms with E-state index in [1.807, 2.05) is 43.7 Å². The number of nitrogens with zero attached hydrogens (tertiary/aromatic N) is 1. The van der Waals surface area contributed by atoms with E-state index in [-0.39, 0.29) is 11.2 Å². The minimum absolute atomic E-state index is 0.141. The number of ketones is 1. The van der Waals surface area contributed by atoms with E-state index in [9.17, 15) is 4.79 Å². The lowest BCUT2D eigenvalue weighted by Gasteiger charge is -2.37. The van der Waals surface area contributed by atoms with E-state index < -0.39 is 8.07 Å². The molecule has 0 aliphatic rings. The van der Waals surface area contributed by atoms with Gasteiger partial charge in [0.1, 0.15) is 8.07 Å². The Labute approximate surface area is 143 Å². The topological polar surface area (TPSA) is 22.0 Å². The second-order valence-corrected chi connectivity index (χ2v) is 14.1. The standard InChI is InChI=1S/C20H33NOSi/c1-15(2)23(16(3)4,17(5)6)14-13-21-12-10-11-18(21)19(22)20(7,8)9/h10-12,15-17H,1-9H3. The molecule has 0 fully saturated rings. The van der Waals surface area contributed by atoms with Crippen molar-refractivity contribution < 1.29 is 4.79 Å². The van der Waals surface area contributed by atoms with Crippen LogP contribution in [0.3, 0.4) is 0 Å². The van der Waals surface area contributed by atoms with Gasteiger partial charge in [0, 0.05) is 17.7 Å². The third-order valence-electron chi connectivity index (χ3n) is 4.92. The molecule has 0 N–H and O–H groups in total. The molecule has 0 aromatic carbocycles. The Hall–Kier alpha value is -1.27. The molecule has 1 rings (SSSR count). The zero-order valence-corrected chi connectivity index (χ0v) is 17.3. The minimum Gasteiger partial charge on any atom is -0.292 e. The fourth-order valence-corrected chi connectivity index (χ4v) is 8.82. The molecule has 23 heavy (non-hydrogen) atoms. The van der Waals surface area contributed by atoms with Gasteiger partial charge >= 0.3 is 0 Å². The summed E-state index contributed by atoms with van der Waals surface area (Å²) in [5, 5.41) is 0. The molecular weight excluding hydrogens is 298 g/mol. The number of hydrogen-bond acceptors (Lipinski definition) is 1. The zero-order valence-electron chi connectivity index (χ0n) is 16.3. The van der Waals surface area contributed by atoms with Crippen LogP contribution in [0.4, 0.5) is 0 Å². The summed E-state index contributed by atoms with van der Waals surface area (Å²) < 4.78 is 1.84. The third-order valence-corrected chi connectivity index (χ3v) is 11.2. The Morgan fingerprint density at radius 1 is 1.04 bits per heavy atom. The van der Waals surface area contributed by atoms with E-state index in [0.29, 0.717) is 22.3 Å². The van der Waals surface area contributed by atoms with E-state index in [1.54, 1.807) is 0 Å². The van der Waals surface area contributed by atoms with Crippen LogP contribution in [0.1, 0.15) is 72.8 Å². The van der Waals surface area contributed by atoms with Crippen molar-refractivity contribution in [2.45, 2.75) is 78.9 Å². The summed E-state index contributed by atoms with van der Waals surface area (Å²) in [5.41, 5.74) is 5.76. The smallest absolute Gasteiger partial charge is 0.185 e. The largest absolute Gasteiger partial charge is 0.292 e. The maximum Gasteiger partial charge on any atom is 0.185 e. The van der Waals surface area contributed by atoms with Gasteiger partial charge in [-0.15, -0.1) is 5.54 Å². The van der Waals surface area contributed by atoms with Crippen molar-refractivity contribution >= 4 is 13.9 Å². The Bertz CT molecular complexity index is 584. The Balaban J connectivity index is 3.36. The van der Waals surface area contributed by atoms with Crippen LogP contribution >= 0.6 is 0 Å². The fraction of sp³-hybridized carbons (Fsp3) is 0.650. The monoisotopic (exact) mass is 331 g/mol. The van der Waals surface area contributed by atoms with Crippen molar-refractivity contribution in [1.29, 1.82) is 0 Å². The van der Waals surface area contributed by atoms with Crippen molar-refractivity contribution in [2.75, 3.05) is 0 Å². The SMILES string of the molecule is CC(C)[Si](C#Cn1cccc1C(=O)C(C)(C)C)(C(C)C)C(C)C. The van der Waals surface area contributed by atoms with Crippen LogP contribution in [0.2, 0.25) is 16.6 Å². The van der Waals surface area contributed by atoms with Gasteiger partial charge in [-0.05, 0) is 28.8 Å². The highest BCUT2D eigenvalue weighted by atomic mass is 28.3. The Morgan fingerprint density at radius 3 is 1.91 bits per heavy atom. The van der Waals surface area contributed by atoms with Gasteiger partial charge in [-0.2, -0.15) is 0 Å². The molecule has 1 heterocycles. The number of hydrogen-bond donors (Lipinski definition) is 0. The van der Waals surface area contributed by atoms with Crippen molar-refractivity contribution in [2.24, 2.45) is 5.41 Å². The quantitative estimate of drug-likeness (QED) is 0.391. The first-order valence-electron chi connectivity index (χ1n) is 8.70. The van der Waals surface area contributed by atoms with Crippen molar-refractivity contribution in [3.05, 3.63) is 24.0 Å². The number of carbonyl (C=O) groups is 1. The lowest BCUT2D eigenvalue weighted by molar-refractivity contribution is 0.0851. The predicted molar refractivity (Wildman–Crippen MR) is 102 cm³/mol. The highest BCUT2D eigenvalue weighted by Crippen LogP contribution is 2.40. The van der Waals surface area contributed by atoms with Crippen LogP contribution in [0.25, 0.3) is 0 Å². The van der Waals surface area contributed by atoms with Gasteiger partial charge in [-0.1, -0.05) is 62.3 Å². The van der Waals surface area contributed by atoms with Crippen LogP contribution in [0.15, 0.2) is 18.3 Å². The number of Topliss-reactive ketones (excluding diaryl/α,β-unsaturated/α-hetero) is 1. The maximum atomic E-state index is 12.6. The van der Waals surface area contributed by atoms with E-state index in [2.05, 4.69) is 53.1 Å². The first-order valence-corrected chi connectivity index (χ1v) is 10.9. The predicted octanol–water partition coefficient (Wildman–Crippen LogP) is 5.74. The van der Waals surface area contributed by atoms with E-state index in [1.165, 1.54) is 0 Å². The molecule has 0 aliphatic carbocycles. The Morgan fingerprint density at radius 2 is 1.52 bits per heavy atom. The van der Waals surface area contributed by atoms with Gasteiger partial charge in [0.05, 0.1) is 5.69 Å². The van der Waals surface area contributed by atoms with Crippen LogP contribution < -0.4 is 0 Å². The number of carbonyl (C=O) groups excluding carboxylic acids is 1. The molecule has 0 spiro atoms. The molecule has 0 bridgehead atoms. The third kappa shape index (κ3) is 3.98.